The van der Waals surface area contributed by atoms with Crippen LogP contribution < -0.4 is 0 Å². The number of nitrogens with zero attached hydrogens (tertiary/aromatic N) is 1. The summed E-state index contributed by atoms with van der Waals surface area (Å²) in [5.74, 6) is -3.96. The normalized spacial score (nSPS) is 25.5. The maximum Gasteiger partial charge on any atom is 0.315 e. The molecule has 2 aliphatic carbocycles. The summed E-state index contributed by atoms with van der Waals surface area (Å²) in [6.45, 7) is 1.75. The maximum atomic E-state index is 14.0. The molecule has 1 saturated carbocycles. The van der Waals surface area contributed by atoms with Crippen molar-refractivity contribution >= 4 is 17.5 Å². The van der Waals surface area contributed by atoms with Crippen molar-refractivity contribution in [2.45, 2.75) is 70.3 Å². The van der Waals surface area contributed by atoms with Gasteiger partial charge in [0.1, 0.15) is 12.0 Å². The summed E-state index contributed by atoms with van der Waals surface area (Å²) in [5, 5.41) is 0. The lowest BCUT2D eigenvalue weighted by Crippen LogP contribution is -2.39. The van der Waals surface area contributed by atoms with Crippen molar-refractivity contribution < 1.29 is 23.1 Å². The van der Waals surface area contributed by atoms with Gasteiger partial charge in [0.25, 0.3) is 0 Å². The van der Waals surface area contributed by atoms with E-state index in [1.54, 1.807) is 6.92 Å². The molecule has 1 aromatic carbocycles. The fourth-order valence-electron chi connectivity index (χ4n) is 4.80. The second-order valence-electron chi connectivity index (χ2n) is 8.22. The zero-order valence-electron chi connectivity index (χ0n) is 16.5. The quantitative estimate of drug-likeness (QED) is 0.668. The average molecular weight is 401 g/mol. The van der Waals surface area contributed by atoms with Crippen LogP contribution in [0, 0.1) is 17.6 Å². The second kappa shape index (κ2) is 8.17. The summed E-state index contributed by atoms with van der Waals surface area (Å²) in [6, 6.07) is 3.59. The van der Waals surface area contributed by atoms with Gasteiger partial charge in [-0.1, -0.05) is 12.5 Å². The standard InChI is InChI=1S/C23H25F2NO3/c1-13-20(23(28)29-15-6-3-2-4-7-15)21(14-10-11-16(24)17(25)12-14)22-18(26-13)8-5-9-19(22)27/h10-12,15,20-21H,2-9H2,1H3. The Bertz CT molecular complexity index is 899. The molecule has 0 N–H and O–H groups in total. The van der Waals surface area contributed by atoms with E-state index < -0.39 is 29.4 Å². The number of esters is 1. The number of carbonyl (C=O) groups excluding carboxylic acids is 2. The molecule has 154 valence electrons. The van der Waals surface area contributed by atoms with Gasteiger partial charge in [-0.25, -0.2) is 8.78 Å². The minimum absolute atomic E-state index is 0.0762. The number of rotatable bonds is 3. The van der Waals surface area contributed by atoms with Gasteiger partial charge in [-0.05, 0) is 63.1 Å². The third-order valence-electron chi connectivity index (χ3n) is 6.23. The monoisotopic (exact) mass is 401 g/mol. The van der Waals surface area contributed by atoms with Gasteiger partial charge in [0, 0.05) is 29.3 Å². The number of ketones is 1. The zero-order chi connectivity index (χ0) is 20.5. The van der Waals surface area contributed by atoms with Crippen molar-refractivity contribution in [2.75, 3.05) is 0 Å². The molecular formula is C23H25F2NO3. The number of benzene rings is 1. The van der Waals surface area contributed by atoms with E-state index >= 15 is 0 Å². The van der Waals surface area contributed by atoms with Gasteiger partial charge >= 0.3 is 5.97 Å². The summed E-state index contributed by atoms with van der Waals surface area (Å²) < 4.78 is 33.4. The van der Waals surface area contributed by atoms with Crippen molar-refractivity contribution in [3.8, 4) is 0 Å². The molecule has 0 spiro atoms. The fraction of sp³-hybridized carbons (Fsp3) is 0.522. The van der Waals surface area contributed by atoms with Crippen LogP contribution in [0.1, 0.15) is 69.8 Å². The number of Topliss-reactive ketones (excluding diaryl/α,β-unsaturated/α-hetero) is 1. The average Bonchev–Trinajstić information content (AvgIpc) is 2.70. The van der Waals surface area contributed by atoms with Crippen molar-refractivity contribution in [3.05, 3.63) is 46.7 Å². The number of allylic oxidation sites excluding steroid dienone is 2. The van der Waals surface area contributed by atoms with Gasteiger partial charge in [0.15, 0.2) is 17.4 Å². The molecule has 3 aliphatic rings. The molecule has 0 amide bonds. The fourth-order valence-corrected chi connectivity index (χ4v) is 4.80. The lowest BCUT2D eigenvalue weighted by atomic mass is 9.71. The van der Waals surface area contributed by atoms with Crippen molar-refractivity contribution in [3.63, 3.8) is 0 Å². The van der Waals surface area contributed by atoms with Crippen molar-refractivity contribution in [2.24, 2.45) is 10.9 Å². The van der Waals surface area contributed by atoms with Gasteiger partial charge in [0.05, 0.1) is 0 Å². The van der Waals surface area contributed by atoms with Gasteiger partial charge in [-0.2, -0.15) is 0 Å². The molecule has 0 radical (unpaired) electrons. The molecule has 1 aromatic rings. The van der Waals surface area contributed by atoms with Crippen LogP contribution in [0.2, 0.25) is 0 Å². The van der Waals surface area contributed by atoms with Gasteiger partial charge in [-0.15, -0.1) is 0 Å². The van der Waals surface area contributed by atoms with Crippen molar-refractivity contribution in [1.29, 1.82) is 0 Å². The summed E-state index contributed by atoms with van der Waals surface area (Å²) in [5.41, 5.74) is 2.09. The maximum absolute atomic E-state index is 14.0. The molecule has 6 heteroatoms. The lowest BCUT2D eigenvalue weighted by molar-refractivity contribution is -0.153. The van der Waals surface area contributed by atoms with Crippen LogP contribution in [0.25, 0.3) is 0 Å². The van der Waals surface area contributed by atoms with Crippen LogP contribution in [0.4, 0.5) is 8.78 Å². The highest BCUT2D eigenvalue weighted by Gasteiger charge is 2.44. The Kier molecular flexibility index (Phi) is 5.61. The molecule has 4 rings (SSSR count). The van der Waals surface area contributed by atoms with E-state index in [-0.39, 0.29) is 11.9 Å². The minimum Gasteiger partial charge on any atom is -0.462 e. The van der Waals surface area contributed by atoms with Crippen molar-refractivity contribution in [1.82, 2.24) is 0 Å². The first kappa shape index (κ1) is 19.9. The van der Waals surface area contributed by atoms with Crippen LogP contribution in [0.3, 0.4) is 0 Å². The predicted molar refractivity (Wildman–Crippen MR) is 105 cm³/mol. The van der Waals surface area contributed by atoms with Crippen LogP contribution in [0.15, 0.2) is 34.5 Å². The summed E-state index contributed by atoms with van der Waals surface area (Å²) in [6.07, 6.45) is 6.44. The molecular weight excluding hydrogens is 376 g/mol. The molecule has 0 bridgehead atoms. The lowest BCUT2D eigenvalue weighted by Gasteiger charge is -2.35. The summed E-state index contributed by atoms with van der Waals surface area (Å²) in [7, 11) is 0. The van der Waals surface area contributed by atoms with Gasteiger partial charge in [-0.3, -0.25) is 14.6 Å². The Morgan fingerprint density at radius 2 is 1.83 bits per heavy atom. The highest BCUT2D eigenvalue weighted by molar-refractivity contribution is 6.08. The van der Waals surface area contributed by atoms with E-state index in [9.17, 15) is 18.4 Å². The number of hydrogen-bond acceptors (Lipinski definition) is 4. The first-order chi connectivity index (χ1) is 14.0. The SMILES string of the molecule is CC1=NC2=C(C(=O)CCC2)C(c2ccc(F)c(F)c2)C1C(=O)OC1CCCCC1. The first-order valence-corrected chi connectivity index (χ1v) is 10.4. The Morgan fingerprint density at radius 1 is 1.07 bits per heavy atom. The Balaban J connectivity index is 1.74. The van der Waals surface area contributed by atoms with Gasteiger partial charge in [0.2, 0.25) is 0 Å². The third kappa shape index (κ3) is 3.89. The van der Waals surface area contributed by atoms with Crippen LogP contribution in [-0.2, 0) is 14.3 Å². The highest BCUT2D eigenvalue weighted by Crippen LogP contribution is 2.44. The topological polar surface area (TPSA) is 55.7 Å². The second-order valence-corrected chi connectivity index (χ2v) is 8.22. The number of halogens is 2. The molecule has 0 saturated heterocycles. The zero-order valence-corrected chi connectivity index (χ0v) is 16.5. The van der Waals surface area contributed by atoms with E-state index in [1.807, 2.05) is 0 Å². The third-order valence-corrected chi connectivity index (χ3v) is 6.23. The molecule has 1 aliphatic heterocycles. The Labute approximate surface area is 169 Å². The molecule has 2 unspecified atom stereocenters. The Hall–Kier alpha value is -2.37. The van der Waals surface area contributed by atoms with Gasteiger partial charge < -0.3 is 4.74 Å². The van der Waals surface area contributed by atoms with Crippen LogP contribution >= 0.6 is 0 Å². The molecule has 1 fully saturated rings. The van der Waals surface area contributed by atoms with E-state index in [2.05, 4.69) is 4.99 Å². The number of aliphatic imine (C=N–C) groups is 1. The molecule has 0 aromatic heterocycles. The van der Waals surface area contributed by atoms with E-state index in [0.717, 1.165) is 44.2 Å². The smallest absolute Gasteiger partial charge is 0.315 e. The number of hydrogen-bond donors (Lipinski definition) is 0. The molecule has 29 heavy (non-hydrogen) atoms. The summed E-state index contributed by atoms with van der Waals surface area (Å²) >= 11 is 0. The largest absolute Gasteiger partial charge is 0.462 e. The van der Waals surface area contributed by atoms with E-state index in [1.165, 1.54) is 6.07 Å². The van der Waals surface area contributed by atoms with E-state index in [4.69, 9.17) is 4.74 Å². The molecule has 2 atom stereocenters. The summed E-state index contributed by atoms with van der Waals surface area (Å²) in [4.78, 5) is 30.5. The minimum atomic E-state index is -0.993. The number of carbonyl (C=O) groups is 2. The van der Waals surface area contributed by atoms with E-state index in [0.29, 0.717) is 41.8 Å². The molecule has 1 heterocycles. The predicted octanol–water partition coefficient (Wildman–Crippen LogP) is 5.02. The highest BCUT2D eigenvalue weighted by atomic mass is 19.2. The Morgan fingerprint density at radius 3 is 2.55 bits per heavy atom. The molecule has 4 nitrogen and oxygen atoms in total. The first-order valence-electron chi connectivity index (χ1n) is 10.4. The van der Waals surface area contributed by atoms with Crippen LogP contribution in [0.5, 0.6) is 0 Å². The number of ether oxygens (including phenoxy) is 1. The van der Waals surface area contributed by atoms with Crippen LogP contribution in [-0.4, -0.2) is 23.6 Å².